The van der Waals surface area contributed by atoms with Crippen LogP contribution in [0.15, 0.2) is 42.5 Å². The minimum atomic E-state index is -0.744. The second kappa shape index (κ2) is 6.00. The molecule has 0 atom stereocenters. The lowest BCUT2D eigenvalue weighted by molar-refractivity contribution is -0.385. The molecule has 0 fully saturated rings. The Morgan fingerprint density at radius 3 is 2.62 bits per heavy atom. The summed E-state index contributed by atoms with van der Waals surface area (Å²) in [5.41, 5.74) is 5.47. The number of amides is 1. The normalized spacial score (nSPS) is 10.1. The highest BCUT2D eigenvalue weighted by molar-refractivity contribution is 5.93. The van der Waals surface area contributed by atoms with Gasteiger partial charge in [-0.2, -0.15) is 0 Å². The summed E-state index contributed by atoms with van der Waals surface area (Å²) in [5, 5.41) is 13.8. The highest BCUT2D eigenvalue weighted by atomic mass is 19.1. The van der Waals surface area contributed by atoms with E-state index in [1.54, 1.807) is 12.1 Å². The predicted molar refractivity (Wildman–Crippen MR) is 75.3 cm³/mol. The number of anilines is 1. The first-order valence-electron chi connectivity index (χ1n) is 6.04. The van der Waals surface area contributed by atoms with Gasteiger partial charge < -0.3 is 11.1 Å². The zero-order chi connectivity index (χ0) is 15.4. The van der Waals surface area contributed by atoms with Gasteiger partial charge in [0.2, 0.25) is 5.91 Å². The third kappa shape index (κ3) is 3.33. The molecular weight excluding hydrogens is 277 g/mol. The molecule has 3 N–H and O–H groups in total. The number of nitro groups is 1. The van der Waals surface area contributed by atoms with Crippen molar-refractivity contribution < 1.29 is 14.1 Å². The van der Waals surface area contributed by atoms with Crippen LogP contribution in [0.1, 0.15) is 15.9 Å². The average Bonchev–Trinajstić information content (AvgIpc) is 2.46. The Hall–Kier alpha value is -2.96. The predicted octanol–water partition coefficient (Wildman–Crippen LogP) is 2.44. The van der Waals surface area contributed by atoms with Crippen molar-refractivity contribution in [2.75, 3.05) is 5.32 Å². The lowest BCUT2D eigenvalue weighted by atomic mass is 10.1. The highest BCUT2D eigenvalue weighted by Crippen LogP contribution is 2.22. The lowest BCUT2D eigenvalue weighted by Gasteiger charge is -2.08. The van der Waals surface area contributed by atoms with Crippen molar-refractivity contribution in [1.29, 1.82) is 0 Å². The second-order valence-corrected chi connectivity index (χ2v) is 4.30. The fourth-order valence-electron chi connectivity index (χ4n) is 1.83. The quantitative estimate of drug-likeness (QED) is 0.652. The third-order valence-electron chi connectivity index (χ3n) is 2.91. The van der Waals surface area contributed by atoms with Crippen LogP contribution in [0, 0.1) is 15.9 Å². The van der Waals surface area contributed by atoms with Crippen LogP contribution in [0.2, 0.25) is 0 Å². The molecule has 0 unspecified atom stereocenters. The summed E-state index contributed by atoms with van der Waals surface area (Å²) >= 11 is 0. The van der Waals surface area contributed by atoms with Gasteiger partial charge >= 0.3 is 0 Å². The molecule has 6 nitrogen and oxygen atoms in total. The number of nitrogens with zero attached hydrogens (tertiary/aromatic N) is 1. The third-order valence-corrected chi connectivity index (χ3v) is 2.91. The lowest BCUT2D eigenvalue weighted by Crippen LogP contribution is -2.12. The Kier molecular flexibility index (Phi) is 4.13. The largest absolute Gasteiger partial charge is 0.378 e. The van der Waals surface area contributed by atoms with Gasteiger partial charge in [-0.05, 0) is 24.3 Å². The molecule has 0 saturated carbocycles. The SMILES string of the molecule is NC(=O)c1ccc(CNc2ccccc2F)c([N+](=O)[O-])c1. The number of para-hydroxylation sites is 1. The summed E-state index contributed by atoms with van der Waals surface area (Å²) in [6.07, 6.45) is 0. The van der Waals surface area contributed by atoms with Crippen LogP contribution in [0.3, 0.4) is 0 Å². The van der Waals surface area contributed by atoms with E-state index in [0.29, 0.717) is 5.56 Å². The molecule has 1 amide bonds. The topological polar surface area (TPSA) is 98.3 Å². The molecular formula is C14H12FN3O3. The number of carbonyl (C=O) groups excluding carboxylic acids is 1. The van der Waals surface area contributed by atoms with E-state index < -0.39 is 16.6 Å². The fourth-order valence-corrected chi connectivity index (χ4v) is 1.83. The maximum Gasteiger partial charge on any atom is 0.275 e. The molecule has 2 aromatic rings. The van der Waals surface area contributed by atoms with E-state index in [-0.39, 0.29) is 23.5 Å². The highest BCUT2D eigenvalue weighted by Gasteiger charge is 2.16. The van der Waals surface area contributed by atoms with Gasteiger partial charge in [0.15, 0.2) is 0 Å². The van der Waals surface area contributed by atoms with Gasteiger partial charge in [-0.15, -0.1) is 0 Å². The smallest absolute Gasteiger partial charge is 0.275 e. The van der Waals surface area contributed by atoms with Gasteiger partial charge in [-0.1, -0.05) is 12.1 Å². The number of carbonyl (C=O) groups is 1. The van der Waals surface area contributed by atoms with Gasteiger partial charge in [0.1, 0.15) is 5.82 Å². The molecule has 2 rings (SSSR count). The molecule has 2 aromatic carbocycles. The standard InChI is InChI=1S/C14H12FN3O3/c15-11-3-1-2-4-12(11)17-8-10-6-5-9(14(16)19)7-13(10)18(20)21/h1-7,17H,8H2,(H2,16,19). The van der Waals surface area contributed by atoms with E-state index in [2.05, 4.69) is 5.32 Å². The maximum absolute atomic E-state index is 13.5. The zero-order valence-electron chi connectivity index (χ0n) is 10.9. The first kappa shape index (κ1) is 14.4. The zero-order valence-corrected chi connectivity index (χ0v) is 10.9. The number of halogens is 1. The van der Waals surface area contributed by atoms with Crippen molar-refractivity contribution in [1.82, 2.24) is 0 Å². The molecule has 0 spiro atoms. The van der Waals surface area contributed by atoms with Crippen LogP contribution in [0.5, 0.6) is 0 Å². The number of nitrogens with two attached hydrogens (primary N) is 1. The van der Waals surface area contributed by atoms with Crippen molar-refractivity contribution >= 4 is 17.3 Å². The number of nitrogens with one attached hydrogen (secondary N) is 1. The number of hydrogen-bond donors (Lipinski definition) is 2. The van der Waals surface area contributed by atoms with E-state index in [4.69, 9.17) is 5.73 Å². The molecule has 0 aliphatic heterocycles. The summed E-state index contributed by atoms with van der Waals surface area (Å²) in [6.45, 7) is 0.0519. The van der Waals surface area contributed by atoms with E-state index in [1.807, 2.05) is 0 Å². The summed E-state index contributed by atoms with van der Waals surface area (Å²) < 4.78 is 13.5. The first-order chi connectivity index (χ1) is 9.99. The van der Waals surface area contributed by atoms with Crippen LogP contribution in [-0.4, -0.2) is 10.8 Å². The van der Waals surface area contributed by atoms with Gasteiger partial charge in [0, 0.05) is 23.7 Å². The van der Waals surface area contributed by atoms with Crippen molar-refractivity contribution in [2.24, 2.45) is 5.73 Å². The van der Waals surface area contributed by atoms with E-state index >= 15 is 0 Å². The maximum atomic E-state index is 13.5. The average molecular weight is 289 g/mol. The number of rotatable bonds is 5. The van der Waals surface area contributed by atoms with Gasteiger partial charge in [0.25, 0.3) is 5.69 Å². The van der Waals surface area contributed by atoms with Gasteiger partial charge in [0.05, 0.1) is 10.6 Å². The number of primary amides is 1. The molecule has 0 aromatic heterocycles. The number of hydrogen-bond acceptors (Lipinski definition) is 4. The summed E-state index contributed by atoms with van der Waals surface area (Å²) in [7, 11) is 0. The Morgan fingerprint density at radius 2 is 2.00 bits per heavy atom. The minimum absolute atomic E-state index is 0.0519. The summed E-state index contributed by atoms with van der Waals surface area (Å²) in [5.74, 6) is -1.19. The van der Waals surface area contributed by atoms with Crippen LogP contribution >= 0.6 is 0 Å². The summed E-state index contributed by atoms with van der Waals surface area (Å²) in [6, 6.07) is 9.94. The molecule has 0 radical (unpaired) electrons. The van der Waals surface area contributed by atoms with Crippen molar-refractivity contribution in [2.45, 2.75) is 6.54 Å². The Morgan fingerprint density at radius 1 is 1.29 bits per heavy atom. The molecule has 108 valence electrons. The molecule has 0 bridgehead atoms. The number of benzene rings is 2. The molecule has 0 saturated heterocycles. The Labute approximate surface area is 119 Å². The second-order valence-electron chi connectivity index (χ2n) is 4.30. The van der Waals surface area contributed by atoms with Crippen LogP contribution < -0.4 is 11.1 Å². The van der Waals surface area contributed by atoms with E-state index in [1.165, 1.54) is 24.3 Å². The monoisotopic (exact) mass is 289 g/mol. The van der Waals surface area contributed by atoms with Gasteiger partial charge in [-0.25, -0.2) is 4.39 Å². The van der Waals surface area contributed by atoms with Crippen molar-refractivity contribution in [3.63, 3.8) is 0 Å². The molecule has 21 heavy (non-hydrogen) atoms. The van der Waals surface area contributed by atoms with Crippen LogP contribution in [-0.2, 0) is 6.54 Å². The van der Waals surface area contributed by atoms with E-state index in [0.717, 1.165) is 6.07 Å². The first-order valence-corrected chi connectivity index (χ1v) is 6.04. The van der Waals surface area contributed by atoms with Gasteiger partial charge in [-0.3, -0.25) is 14.9 Å². The van der Waals surface area contributed by atoms with Crippen LogP contribution in [0.4, 0.5) is 15.8 Å². The molecule has 7 heteroatoms. The molecule has 0 aliphatic carbocycles. The fraction of sp³-hybridized carbons (Fsp3) is 0.0714. The molecule has 0 aliphatic rings. The Balaban J connectivity index is 2.26. The Bertz CT molecular complexity index is 704. The molecule has 0 heterocycles. The minimum Gasteiger partial charge on any atom is -0.378 e. The number of nitro benzene ring substituents is 1. The van der Waals surface area contributed by atoms with Crippen molar-refractivity contribution in [3.05, 3.63) is 69.5 Å². The van der Waals surface area contributed by atoms with Crippen molar-refractivity contribution in [3.8, 4) is 0 Å². The van der Waals surface area contributed by atoms with Crippen LogP contribution in [0.25, 0.3) is 0 Å². The van der Waals surface area contributed by atoms with E-state index in [9.17, 15) is 19.3 Å². The summed E-state index contributed by atoms with van der Waals surface area (Å²) in [4.78, 5) is 21.5.